The summed E-state index contributed by atoms with van der Waals surface area (Å²) in [5.41, 5.74) is 2.10. The van der Waals surface area contributed by atoms with E-state index in [1.807, 2.05) is 12.1 Å². The first kappa shape index (κ1) is 10.7. The van der Waals surface area contributed by atoms with E-state index in [0.29, 0.717) is 17.8 Å². The molecule has 1 N–H and O–H groups in total. The normalized spacial score (nSPS) is 10.6. The van der Waals surface area contributed by atoms with Crippen LogP contribution in [0.4, 0.5) is 0 Å². The molecule has 84 valence electrons. The molecule has 0 radical (unpaired) electrons. The van der Waals surface area contributed by atoms with Crippen molar-refractivity contribution in [3.8, 4) is 0 Å². The van der Waals surface area contributed by atoms with Crippen molar-refractivity contribution in [2.75, 3.05) is 14.2 Å². The maximum atomic E-state index is 11.7. The number of benzene rings is 1. The molecule has 0 aliphatic rings. The second-order valence-corrected chi connectivity index (χ2v) is 3.49. The van der Waals surface area contributed by atoms with Crippen LogP contribution in [-0.4, -0.2) is 20.1 Å². The Morgan fingerprint density at radius 3 is 3.00 bits per heavy atom. The first-order valence-corrected chi connectivity index (χ1v) is 4.97. The van der Waals surface area contributed by atoms with E-state index in [0.717, 1.165) is 10.9 Å². The minimum Gasteiger partial charge on any atom is -0.464 e. The van der Waals surface area contributed by atoms with Crippen LogP contribution in [0.1, 0.15) is 15.9 Å². The van der Waals surface area contributed by atoms with Crippen molar-refractivity contribution in [2.24, 2.45) is 0 Å². The zero-order chi connectivity index (χ0) is 11.5. The lowest BCUT2D eigenvalue weighted by Crippen LogP contribution is -2.18. The summed E-state index contributed by atoms with van der Waals surface area (Å²) in [6, 6.07) is 5.57. The van der Waals surface area contributed by atoms with Gasteiger partial charge in [-0.15, -0.1) is 0 Å². The van der Waals surface area contributed by atoms with Gasteiger partial charge in [-0.25, -0.2) is 0 Å². The number of carbonyl (C=O) groups excluding carboxylic acids is 1. The van der Waals surface area contributed by atoms with Gasteiger partial charge in [-0.3, -0.25) is 4.79 Å². The molecule has 0 aliphatic carbocycles. The third kappa shape index (κ3) is 1.79. The molecule has 1 aromatic carbocycles. The van der Waals surface area contributed by atoms with E-state index in [2.05, 4.69) is 5.32 Å². The van der Waals surface area contributed by atoms with Crippen molar-refractivity contribution in [2.45, 2.75) is 6.61 Å². The average molecular weight is 219 g/mol. The van der Waals surface area contributed by atoms with E-state index >= 15 is 0 Å². The Bertz CT molecular complexity index is 516. The highest BCUT2D eigenvalue weighted by atomic mass is 16.5. The number of hydrogen-bond acceptors (Lipinski definition) is 3. The number of rotatable bonds is 3. The van der Waals surface area contributed by atoms with Crippen LogP contribution in [0.25, 0.3) is 11.0 Å². The third-order valence-corrected chi connectivity index (χ3v) is 2.39. The summed E-state index contributed by atoms with van der Waals surface area (Å²) >= 11 is 0. The second-order valence-electron chi connectivity index (χ2n) is 3.49. The number of furan rings is 1. The predicted octanol–water partition coefficient (Wildman–Crippen LogP) is 1.94. The van der Waals surface area contributed by atoms with Gasteiger partial charge in [0, 0.05) is 19.5 Å². The summed E-state index contributed by atoms with van der Waals surface area (Å²) < 4.78 is 10.4. The summed E-state index contributed by atoms with van der Waals surface area (Å²) in [6.07, 6.45) is 1.58. The van der Waals surface area contributed by atoms with Crippen molar-refractivity contribution >= 4 is 16.9 Å². The molecule has 0 aliphatic heterocycles. The topological polar surface area (TPSA) is 51.5 Å². The van der Waals surface area contributed by atoms with Gasteiger partial charge in [0.2, 0.25) is 0 Å². The number of methoxy groups -OCH3 is 1. The molecule has 0 unspecified atom stereocenters. The monoisotopic (exact) mass is 219 g/mol. The van der Waals surface area contributed by atoms with Crippen LogP contribution in [0.2, 0.25) is 0 Å². The van der Waals surface area contributed by atoms with Gasteiger partial charge in [-0.2, -0.15) is 0 Å². The number of ether oxygens (including phenoxy) is 1. The molecule has 0 fully saturated rings. The molecule has 16 heavy (non-hydrogen) atoms. The first-order valence-electron chi connectivity index (χ1n) is 4.97. The molecule has 2 aromatic rings. The van der Waals surface area contributed by atoms with Crippen molar-refractivity contribution in [1.29, 1.82) is 0 Å². The number of amides is 1. The van der Waals surface area contributed by atoms with E-state index in [1.165, 1.54) is 0 Å². The molecule has 1 amide bonds. The molecular weight excluding hydrogens is 206 g/mol. The summed E-state index contributed by atoms with van der Waals surface area (Å²) in [7, 11) is 3.22. The number of carbonyl (C=O) groups is 1. The van der Waals surface area contributed by atoms with Gasteiger partial charge in [-0.05, 0) is 23.8 Å². The largest absolute Gasteiger partial charge is 0.464 e. The smallest absolute Gasteiger partial charge is 0.254 e. The molecule has 1 heterocycles. The minimum absolute atomic E-state index is 0.155. The van der Waals surface area contributed by atoms with Gasteiger partial charge in [0.15, 0.2) is 0 Å². The molecule has 2 rings (SSSR count). The predicted molar refractivity (Wildman–Crippen MR) is 60.3 cm³/mol. The maximum absolute atomic E-state index is 11.7. The van der Waals surface area contributed by atoms with Gasteiger partial charge in [0.25, 0.3) is 5.91 Å². The zero-order valence-electron chi connectivity index (χ0n) is 9.24. The fourth-order valence-corrected chi connectivity index (χ4v) is 1.70. The van der Waals surface area contributed by atoms with E-state index in [4.69, 9.17) is 9.15 Å². The van der Waals surface area contributed by atoms with Crippen LogP contribution in [0.15, 0.2) is 28.9 Å². The van der Waals surface area contributed by atoms with Crippen LogP contribution < -0.4 is 5.32 Å². The molecule has 0 saturated heterocycles. The molecule has 0 atom stereocenters. The molecule has 0 spiro atoms. The fourth-order valence-electron chi connectivity index (χ4n) is 1.70. The Labute approximate surface area is 93.2 Å². The Balaban J connectivity index is 2.58. The Morgan fingerprint density at radius 2 is 2.31 bits per heavy atom. The Kier molecular flexibility index (Phi) is 2.92. The van der Waals surface area contributed by atoms with Crippen LogP contribution in [-0.2, 0) is 11.3 Å². The van der Waals surface area contributed by atoms with E-state index in [1.54, 1.807) is 26.5 Å². The van der Waals surface area contributed by atoms with Gasteiger partial charge in [-0.1, -0.05) is 0 Å². The molecule has 0 bridgehead atoms. The summed E-state index contributed by atoms with van der Waals surface area (Å²) in [5.74, 6) is -0.155. The molecule has 4 heteroatoms. The lowest BCUT2D eigenvalue weighted by Gasteiger charge is -2.05. The molecule has 0 saturated carbocycles. The summed E-state index contributed by atoms with van der Waals surface area (Å²) in [5, 5.41) is 3.50. The van der Waals surface area contributed by atoms with Gasteiger partial charge in [0.1, 0.15) is 5.58 Å². The van der Waals surface area contributed by atoms with E-state index in [9.17, 15) is 4.79 Å². The average Bonchev–Trinajstić information content (AvgIpc) is 2.75. The fraction of sp³-hybridized carbons (Fsp3) is 0.250. The maximum Gasteiger partial charge on any atom is 0.254 e. The van der Waals surface area contributed by atoms with E-state index < -0.39 is 0 Å². The highest BCUT2D eigenvalue weighted by Crippen LogP contribution is 2.22. The van der Waals surface area contributed by atoms with Gasteiger partial charge < -0.3 is 14.5 Å². The van der Waals surface area contributed by atoms with Crippen molar-refractivity contribution in [3.63, 3.8) is 0 Å². The standard InChI is InChI=1S/C12H13NO3/c1-13-12(14)10-6-8(7-15-2)5-9-3-4-16-11(9)10/h3-6H,7H2,1-2H3,(H,13,14). The van der Waals surface area contributed by atoms with Crippen molar-refractivity contribution < 1.29 is 13.9 Å². The first-order chi connectivity index (χ1) is 7.76. The zero-order valence-corrected chi connectivity index (χ0v) is 9.24. The Hall–Kier alpha value is -1.81. The molecule has 4 nitrogen and oxygen atoms in total. The van der Waals surface area contributed by atoms with Crippen LogP contribution >= 0.6 is 0 Å². The second kappa shape index (κ2) is 4.37. The lowest BCUT2D eigenvalue weighted by molar-refractivity contribution is 0.0963. The van der Waals surface area contributed by atoms with Gasteiger partial charge in [0.05, 0.1) is 18.4 Å². The van der Waals surface area contributed by atoms with Crippen LogP contribution in [0, 0.1) is 0 Å². The summed E-state index contributed by atoms with van der Waals surface area (Å²) in [4.78, 5) is 11.7. The molecule has 1 aromatic heterocycles. The highest BCUT2D eigenvalue weighted by molar-refractivity contribution is 6.05. The lowest BCUT2D eigenvalue weighted by atomic mass is 10.1. The van der Waals surface area contributed by atoms with Crippen molar-refractivity contribution in [1.82, 2.24) is 5.32 Å². The van der Waals surface area contributed by atoms with Crippen molar-refractivity contribution in [3.05, 3.63) is 35.6 Å². The van der Waals surface area contributed by atoms with Crippen LogP contribution in [0.3, 0.4) is 0 Å². The number of nitrogens with one attached hydrogen (secondary N) is 1. The SMILES string of the molecule is CNC(=O)c1cc(COC)cc2ccoc12. The summed E-state index contributed by atoms with van der Waals surface area (Å²) in [6.45, 7) is 0.477. The highest BCUT2D eigenvalue weighted by Gasteiger charge is 2.12. The quantitative estimate of drug-likeness (QED) is 0.858. The Morgan fingerprint density at radius 1 is 1.50 bits per heavy atom. The molecular formula is C12H13NO3. The third-order valence-electron chi connectivity index (χ3n) is 2.39. The van der Waals surface area contributed by atoms with Crippen LogP contribution in [0.5, 0.6) is 0 Å². The number of hydrogen-bond donors (Lipinski definition) is 1. The minimum atomic E-state index is -0.155. The van der Waals surface area contributed by atoms with E-state index in [-0.39, 0.29) is 5.91 Å². The van der Waals surface area contributed by atoms with Gasteiger partial charge >= 0.3 is 0 Å². The number of fused-ring (bicyclic) bond motifs is 1.